The van der Waals surface area contributed by atoms with E-state index >= 15 is 0 Å². The normalized spacial score (nSPS) is 27.5. The first-order valence-corrected chi connectivity index (χ1v) is 9.86. The molecule has 2 saturated carbocycles. The lowest BCUT2D eigenvalue weighted by Crippen LogP contribution is -2.59. The number of benzene rings is 1. The maximum absolute atomic E-state index is 12.6. The molecule has 0 unspecified atom stereocenters. The summed E-state index contributed by atoms with van der Waals surface area (Å²) in [7, 11) is 0. The Kier molecular flexibility index (Phi) is 4.79. The molecule has 2 aromatic rings. The summed E-state index contributed by atoms with van der Waals surface area (Å²) >= 11 is 0. The van der Waals surface area contributed by atoms with Crippen molar-refractivity contribution in [1.82, 2.24) is 20.1 Å². The van der Waals surface area contributed by atoms with Gasteiger partial charge in [0.2, 0.25) is 5.91 Å². The van der Waals surface area contributed by atoms with Crippen LogP contribution in [-0.2, 0) is 11.3 Å². The van der Waals surface area contributed by atoms with Crippen LogP contribution in [0.5, 0.6) is 0 Å². The molecule has 1 N–H and O–H groups in total. The number of fused-ring (bicyclic) bond motifs is 1. The third kappa shape index (κ3) is 3.27. The lowest BCUT2D eigenvalue weighted by atomic mass is 9.53. The molecule has 0 bridgehead atoms. The van der Waals surface area contributed by atoms with Crippen LogP contribution in [0.3, 0.4) is 0 Å². The minimum absolute atomic E-state index is 0.132. The summed E-state index contributed by atoms with van der Waals surface area (Å²) in [6.07, 6.45) is 5.63. The maximum atomic E-state index is 12.6. The highest BCUT2D eigenvalue weighted by molar-refractivity contribution is 5.76. The van der Waals surface area contributed by atoms with Crippen LogP contribution in [0.1, 0.15) is 55.2 Å². The molecule has 1 aromatic carbocycles. The van der Waals surface area contributed by atoms with Crippen molar-refractivity contribution in [1.29, 1.82) is 0 Å². The third-order valence-electron chi connectivity index (χ3n) is 6.21. The molecule has 5 nitrogen and oxygen atoms in total. The lowest BCUT2D eigenvalue weighted by molar-refractivity contribution is -0.125. The van der Waals surface area contributed by atoms with Gasteiger partial charge in [-0.1, -0.05) is 43.2 Å². The van der Waals surface area contributed by atoms with Crippen molar-refractivity contribution in [3.63, 3.8) is 0 Å². The molecule has 0 saturated heterocycles. The number of hydrogen-bond acceptors (Lipinski definition) is 3. The van der Waals surface area contributed by atoms with Crippen LogP contribution in [0.4, 0.5) is 0 Å². The van der Waals surface area contributed by atoms with Crippen molar-refractivity contribution in [3.8, 4) is 0 Å². The van der Waals surface area contributed by atoms with Crippen molar-refractivity contribution < 1.29 is 4.79 Å². The molecule has 0 spiro atoms. The van der Waals surface area contributed by atoms with E-state index in [-0.39, 0.29) is 11.9 Å². The highest BCUT2D eigenvalue weighted by atomic mass is 16.1. The highest BCUT2D eigenvalue weighted by Crippen LogP contribution is 2.54. The van der Waals surface area contributed by atoms with Crippen molar-refractivity contribution in [3.05, 3.63) is 47.5 Å². The molecule has 138 valence electrons. The summed E-state index contributed by atoms with van der Waals surface area (Å²) < 4.78 is 1.83. The van der Waals surface area contributed by atoms with Gasteiger partial charge in [0.1, 0.15) is 11.6 Å². The molecule has 5 heteroatoms. The number of carbonyl (C=O) groups is 1. The van der Waals surface area contributed by atoms with Crippen LogP contribution in [0.15, 0.2) is 30.3 Å². The summed E-state index contributed by atoms with van der Waals surface area (Å²) in [5, 5.41) is 7.71. The van der Waals surface area contributed by atoms with Crippen LogP contribution < -0.4 is 5.32 Å². The highest BCUT2D eigenvalue weighted by Gasteiger charge is 2.51. The van der Waals surface area contributed by atoms with Crippen LogP contribution >= 0.6 is 0 Å². The fourth-order valence-electron chi connectivity index (χ4n) is 5.03. The number of amides is 1. The Hall–Kier alpha value is -2.17. The number of nitrogens with one attached hydrogen (secondary N) is 1. The molecule has 1 heterocycles. The minimum atomic E-state index is 0.132. The standard InChI is InChI=1S/C21H28N4O/c1-14-22-15(2)25(24-14)13-12-19(26)23-21-18-11-7-6-10-17(18)20(21)16-8-4-3-5-9-16/h3-5,8-9,17-18,20-21H,6-7,10-13H2,1-2H3,(H,23,26)/t17-,18+,20+,21+/m1/s1. The number of hydrogen-bond donors (Lipinski definition) is 1. The number of nitrogens with zero attached hydrogens (tertiary/aromatic N) is 3. The number of rotatable bonds is 5. The van der Waals surface area contributed by atoms with Gasteiger partial charge in [-0.15, -0.1) is 0 Å². The van der Waals surface area contributed by atoms with Gasteiger partial charge < -0.3 is 5.32 Å². The van der Waals surface area contributed by atoms with E-state index < -0.39 is 0 Å². The van der Waals surface area contributed by atoms with Crippen molar-refractivity contribution in [2.45, 2.75) is 64.5 Å². The Bertz CT molecular complexity index is 770. The number of aromatic nitrogens is 3. The fourth-order valence-corrected chi connectivity index (χ4v) is 5.03. The largest absolute Gasteiger partial charge is 0.352 e. The van der Waals surface area contributed by atoms with Gasteiger partial charge in [0.15, 0.2) is 0 Å². The fraction of sp³-hybridized carbons (Fsp3) is 0.571. The van der Waals surface area contributed by atoms with E-state index in [0.29, 0.717) is 24.8 Å². The monoisotopic (exact) mass is 352 g/mol. The SMILES string of the molecule is Cc1nc(C)n(CCC(=O)N[C@H]2[C@H]3CCCC[C@H]3[C@@H]2c2ccccc2)n1. The molecule has 0 aliphatic heterocycles. The third-order valence-corrected chi connectivity index (χ3v) is 6.21. The minimum Gasteiger partial charge on any atom is -0.352 e. The molecule has 0 radical (unpaired) electrons. The zero-order chi connectivity index (χ0) is 18.1. The van der Waals surface area contributed by atoms with Crippen LogP contribution in [0.2, 0.25) is 0 Å². The van der Waals surface area contributed by atoms with E-state index in [9.17, 15) is 4.79 Å². The number of aryl methyl sites for hydroxylation is 3. The molecule has 2 fully saturated rings. The quantitative estimate of drug-likeness (QED) is 0.897. The zero-order valence-corrected chi connectivity index (χ0v) is 15.7. The van der Waals surface area contributed by atoms with Crippen molar-refractivity contribution in [2.24, 2.45) is 11.8 Å². The van der Waals surface area contributed by atoms with E-state index in [1.54, 1.807) is 0 Å². The number of carbonyl (C=O) groups excluding carboxylic acids is 1. The Morgan fingerprint density at radius 1 is 1.15 bits per heavy atom. The van der Waals surface area contributed by atoms with Crippen molar-refractivity contribution >= 4 is 5.91 Å². The van der Waals surface area contributed by atoms with Gasteiger partial charge in [-0.3, -0.25) is 4.79 Å². The second-order valence-corrected chi connectivity index (χ2v) is 7.82. The predicted molar refractivity (Wildman–Crippen MR) is 101 cm³/mol. The molecule has 26 heavy (non-hydrogen) atoms. The average Bonchev–Trinajstić information content (AvgIpc) is 2.96. The summed E-state index contributed by atoms with van der Waals surface area (Å²) in [5.41, 5.74) is 1.38. The zero-order valence-electron chi connectivity index (χ0n) is 15.7. The molecule has 4 rings (SSSR count). The Morgan fingerprint density at radius 2 is 1.88 bits per heavy atom. The summed E-state index contributed by atoms with van der Waals surface area (Å²) in [5.74, 6) is 3.61. The van der Waals surface area contributed by atoms with Gasteiger partial charge in [0.25, 0.3) is 0 Å². The molecule has 2 aliphatic carbocycles. The summed E-state index contributed by atoms with van der Waals surface area (Å²) in [6, 6.07) is 11.0. The molecule has 1 aromatic heterocycles. The Labute approximate surface area is 155 Å². The van der Waals surface area contributed by atoms with Crippen LogP contribution in [0, 0.1) is 25.7 Å². The molecule has 1 amide bonds. The van der Waals surface area contributed by atoms with Gasteiger partial charge in [-0.25, -0.2) is 9.67 Å². The van der Waals surface area contributed by atoms with Gasteiger partial charge in [0, 0.05) is 18.4 Å². The van der Waals surface area contributed by atoms with Gasteiger partial charge in [0.05, 0.1) is 6.54 Å². The van der Waals surface area contributed by atoms with Gasteiger partial charge in [-0.2, -0.15) is 5.10 Å². The molecular formula is C21H28N4O. The molecule has 2 aliphatic rings. The Balaban J connectivity index is 1.41. The van der Waals surface area contributed by atoms with Gasteiger partial charge >= 0.3 is 0 Å². The van der Waals surface area contributed by atoms with Gasteiger partial charge in [-0.05, 0) is 44.1 Å². The maximum Gasteiger partial charge on any atom is 0.222 e. The van der Waals surface area contributed by atoms with E-state index in [0.717, 1.165) is 17.6 Å². The molecule has 4 atom stereocenters. The molecular weight excluding hydrogens is 324 g/mol. The predicted octanol–water partition coefficient (Wildman–Crippen LogP) is 3.37. The lowest BCUT2D eigenvalue weighted by Gasteiger charge is -2.55. The van der Waals surface area contributed by atoms with Crippen LogP contribution in [0.25, 0.3) is 0 Å². The second-order valence-electron chi connectivity index (χ2n) is 7.82. The first-order valence-electron chi connectivity index (χ1n) is 9.86. The topological polar surface area (TPSA) is 59.8 Å². The van der Waals surface area contributed by atoms with E-state index in [1.807, 2.05) is 18.5 Å². The van der Waals surface area contributed by atoms with Crippen molar-refractivity contribution in [2.75, 3.05) is 0 Å². The van der Waals surface area contributed by atoms with E-state index in [2.05, 4.69) is 45.7 Å². The van der Waals surface area contributed by atoms with E-state index in [4.69, 9.17) is 0 Å². The Morgan fingerprint density at radius 3 is 2.58 bits per heavy atom. The first-order chi connectivity index (χ1) is 12.6. The summed E-state index contributed by atoms with van der Waals surface area (Å²) in [4.78, 5) is 16.9. The first kappa shape index (κ1) is 17.3. The second kappa shape index (κ2) is 7.22. The summed E-state index contributed by atoms with van der Waals surface area (Å²) in [6.45, 7) is 4.41. The van der Waals surface area contributed by atoms with Crippen LogP contribution in [-0.4, -0.2) is 26.7 Å². The van der Waals surface area contributed by atoms with E-state index in [1.165, 1.54) is 31.2 Å². The smallest absolute Gasteiger partial charge is 0.222 e. The average molecular weight is 352 g/mol.